The topological polar surface area (TPSA) is 34.1 Å². The van der Waals surface area contributed by atoms with E-state index in [1.165, 1.54) is 6.42 Å². The molecule has 1 aromatic heterocycles. The van der Waals surface area contributed by atoms with Crippen LogP contribution in [0.25, 0.3) is 0 Å². The fraction of sp³-hybridized carbons (Fsp3) is 0.545. The van der Waals surface area contributed by atoms with Crippen molar-refractivity contribution < 1.29 is 4.74 Å². The number of hydrogen-bond donors (Lipinski definition) is 1. The highest BCUT2D eigenvalue weighted by atomic mass is 79.9. The van der Waals surface area contributed by atoms with E-state index in [9.17, 15) is 0 Å². The van der Waals surface area contributed by atoms with E-state index in [0.717, 1.165) is 23.1 Å². The molecule has 15 heavy (non-hydrogen) atoms. The molecule has 1 saturated carbocycles. The molecule has 1 heterocycles. The number of nitrogens with zero attached hydrogens (tertiary/aromatic N) is 1. The molecule has 1 fully saturated rings. The fourth-order valence-corrected chi connectivity index (χ4v) is 2.38. The van der Waals surface area contributed by atoms with E-state index in [1.807, 2.05) is 12.1 Å². The monoisotopic (exact) mass is 270 g/mol. The van der Waals surface area contributed by atoms with Crippen LogP contribution in [0, 0.1) is 0 Å². The second-order valence-corrected chi connectivity index (χ2v) is 4.69. The molecule has 0 spiro atoms. The molecule has 1 aromatic rings. The van der Waals surface area contributed by atoms with Gasteiger partial charge in [0.15, 0.2) is 0 Å². The van der Waals surface area contributed by atoms with Gasteiger partial charge in [-0.15, -0.1) is 0 Å². The Morgan fingerprint density at radius 1 is 1.53 bits per heavy atom. The van der Waals surface area contributed by atoms with Crippen molar-refractivity contribution in [2.24, 2.45) is 0 Å². The van der Waals surface area contributed by atoms with Gasteiger partial charge in [0.25, 0.3) is 0 Å². The Balaban J connectivity index is 1.92. The van der Waals surface area contributed by atoms with E-state index >= 15 is 0 Å². The van der Waals surface area contributed by atoms with E-state index in [4.69, 9.17) is 4.74 Å². The average molecular weight is 271 g/mol. The van der Waals surface area contributed by atoms with Crippen molar-refractivity contribution in [1.82, 2.24) is 4.98 Å². The summed E-state index contributed by atoms with van der Waals surface area (Å²) in [6.45, 7) is 0. The number of aromatic nitrogens is 1. The molecular formula is C11H15BrN2O. The number of nitrogens with one attached hydrogen (secondary N) is 1. The number of pyridine rings is 1. The van der Waals surface area contributed by atoms with Crippen molar-refractivity contribution in [3.8, 4) is 0 Å². The number of anilines is 1. The average Bonchev–Trinajstić information content (AvgIpc) is 2.65. The van der Waals surface area contributed by atoms with Crippen molar-refractivity contribution in [2.75, 3.05) is 12.4 Å². The summed E-state index contributed by atoms with van der Waals surface area (Å²) in [6.07, 6.45) is 5.65. The zero-order chi connectivity index (χ0) is 10.7. The molecule has 1 aliphatic carbocycles. The second kappa shape index (κ2) is 4.94. The van der Waals surface area contributed by atoms with Gasteiger partial charge in [0.05, 0.1) is 6.10 Å². The van der Waals surface area contributed by atoms with Crippen LogP contribution in [-0.4, -0.2) is 24.2 Å². The van der Waals surface area contributed by atoms with E-state index in [2.05, 4.69) is 26.2 Å². The largest absolute Gasteiger partial charge is 0.382 e. The molecule has 0 unspecified atom stereocenters. The van der Waals surface area contributed by atoms with Crippen LogP contribution >= 0.6 is 15.9 Å². The van der Waals surface area contributed by atoms with E-state index < -0.39 is 0 Å². The molecule has 2 rings (SSSR count). The quantitative estimate of drug-likeness (QED) is 0.858. The fourth-order valence-electron chi connectivity index (χ4n) is 2.01. The van der Waals surface area contributed by atoms with Gasteiger partial charge in [-0.05, 0) is 47.3 Å². The van der Waals surface area contributed by atoms with Crippen LogP contribution in [0.2, 0.25) is 0 Å². The highest BCUT2D eigenvalue weighted by Gasteiger charge is 2.23. The standard InChI is InChI=1S/C11H15BrN2O/c1-15-10-3-2-8(6-10)14-9-4-5-13-11(12)7-9/h4-5,7-8,10H,2-3,6H2,1H3,(H,13,14)/t8-,10-/m0/s1. The van der Waals surface area contributed by atoms with Crippen LogP contribution in [0.4, 0.5) is 5.69 Å². The minimum atomic E-state index is 0.424. The van der Waals surface area contributed by atoms with Gasteiger partial charge in [-0.25, -0.2) is 4.98 Å². The predicted octanol–water partition coefficient (Wildman–Crippen LogP) is 2.82. The van der Waals surface area contributed by atoms with Gasteiger partial charge >= 0.3 is 0 Å². The number of ether oxygens (including phenoxy) is 1. The maximum absolute atomic E-state index is 5.34. The number of halogens is 1. The van der Waals surface area contributed by atoms with Crippen LogP contribution in [0.5, 0.6) is 0 Å². The summed E-state index contributed by atoms with van der Waals surface area (Å²) in [5.74, 6) is 0. The Hall–Kier alpha value is -0.610. The summed E-state index contributed by atoms with van der Waals surface area (Å²) >= 11 is 3.36. The summed E-state index contributed by atoms with van der Waals surface area (Å²) in [5, 5.41) is 3.50. The van der Waals surface area contributed by atoms with E-state index in [-0.39, 0.29) is 0 Å². The van der Waals surface area contributed by atoms with Gasteiger partial charge in [-0.3, -0.25) is 0 Å². The maximum Gasteiger partial charge on any atom is 0.108 e. The zero-order valence-electron chi connectivity index (χ0n) is 8.74. The summed E-state index contributed by atoms with van der Waals surface area (Å²) < 4.78 is 6.21. The third-order valence-corrected chi connectivity index (χ3v) is 3.25. The molecule has 0 radical (unpaired) electrons. The number of rotatable bonds is 3. The second-order valence-electron chi connectivity index (χ2n) is 3.88. The molecule has 82 valence electrons. The first-order valence-electron chi connectivity index (χ1n) is 5.19. The molecule has 0 bridgehead atoms. The van der Waals surface area contributed by atoms with E-state index in [0.29, 0.717) is 12.1 Å². The normalized spacial score (nSPS) is 25.5. The smallest absolute Gasteiger partial charge is 0.108 e. The van der Waals surface area contributed by atoms with Gasteiger partial charge in [0.2, 0.25) is 0 Å². The highest BCUT2D eigenvalue weighted by molar-refractivity contribution is 9.10. The lowest BCUT2D eigenvalue weighted by molar-refractivity contribution is 0.108. The SMILES string of the molecule is CO[C@H]1CC[C@H](Nc2ccnc(Br)c2)C1. The molecule has 1 N–H and O–H groups in total. The number of hydrogen-bond acceptors (Lipinski definition) is 3. The minimum Gasteiger partial charge on any atom is -0.382 e. The molecular weight excluding hydrogens is 256 g/mol. The minimum absolute atomic E-state index is 0.424. The Labute approximate surface area is 98.4 Å². The zero-order valence-corrected chi connectivity index (χ0v) is 10.3. The summed E-state index contributed by atoms with van der Waals surface area (Å²) in [6, 6.07) is 4.52. The van der Waals surface area contributed by atoms with Crippen LogP contribution in [0.15, 0.2) is 22.9 Å². The van der Waals surface area contributed by atoms with E-state index in [1.54, 1.807) is 13.3 Å². The third-order valence-electron chi connectivity index (χ3n) is 2.82. The van der Waals surface area contributed by atoms with Gasteiger partial charge in [0.1, 0.15) is 4.60 Å². The molecule has 3 nitrogen and oxygen atoms in total. The van der Waals surface area contributed by atoms with Crippen LogP contribution in [0.3, 0.4) is 0 Å². The highest BCUT2D eigenvalue weighted by Crippen LogP contribution is 2.25. The Kier molecular flexibility index (Phi) is 3.59. The molecule has 0 amide bonds. The van der Waals surface area contributed by atoms with Crippen molar-refractivity contribution in [3.05, 3.63) is 22.9 Å². The lowest BCUT2D eigenvalue weighted by atomic mass is 10.2. The first-order valence-corrected chi connectivity index (χ1v) is 5.98. The Bertz CT molecular complexity index is 332. The molecule has 0 saturated heterocycles. The van der Waals surface area contributed by atoms with Crippen LogP contribution in [-0.2, 0) is 4.74 Å². The predicted molar refractivity (Wildman–Crippen MR) is 64.0 cm³/mol. The summed E-state index contributed by atoms with van der Waals surface area (Å²) in [7, 11) is 1.79. The molecule has 4 heteroatoms. The third kappa shape index (κ3) is 2.92. The van der Waals surface area contributed by atoms with Gasteiger partial charge in [0, 0.05) is 25.0 Å². The van der Waals surface area contributed by atoms with Crippen molar-refractivity contribution in [1.29, 1.82) is 0 Å². The van der Waals surface area contributed by atoms with Crippen LogP contribution in [0.1, 0.15) is 19.3 Å². The molecule has 1 aliphatic rings. The van der Waals surface area contributed by atoms with Crippen LogP contribution < -0.4 is 5.32 Å². The van der Waals surface area contributed by atoms with Crippen molar-refractivity contribution in [3.63, 3.8) is 0 Å². The Morgan fingerprint density at radius 2 is 2.40 bits per heavy atom. The van der Waals surface area contributed by atoms with Gasteiger partial charge < -0.3 is 10.1 Å². The first-order chi connectivity index (χ1) is 7.28. The van der Waals surface area contributed by atoms with Gasteiger partial charge in [-0.1, -0.05) is 0 Å². The molecule has 2 atom stereocenters. The van der Waals surface area contributed by atoms with Crippen molar-refractivity contribution >= 4 is 21.6 Å². The van der Waals surface area contributed by atoms with Crippen molar-refractivity contribution in [2.45, 2.75) is 31.4 Å². The maximum atomic E-state index is 5.34. The van der Waals surface area contributed by atoms with Gasteiger partial charge in [-0.2, -0.15) is 0 Å². The lowest BCUT2D eigenvalue weighted by Gasteiger charge is -2.14. The Morgan fingerprint density at radius 3 is 3.07 bits per heavy atom. The summed E-state index contributed by atoms with van der Waals surface area (Å²) in [5.41, 5.74) is 1.12. The first kappa shape index (κ1) is 10.9. The summed E-state index contributed by atoms with van der Waals surface area (Å²) in [4.78, 5) is 4.10. The lowest BCUT2D eigenvalue weighted by Crippen LogP contribution is -2.17. The number of methoxy groups -OCH3 is 1. The molecule has 0 aliphatic heterocycles. The molecule has 0 aromatic carbocycles.